The number of anilines is 2. The number of carbonyl (C=O) groups is 2. The van der Waals surface area contributed by atoms with Gasteiger partial charge in [0, 0.05) is 23.4 Å². The van der Waals surface area contributed by atoms with Gasteiger partial charge < -0.3 is 11.1 Å². The lowest BCUT2D eigenvalue weighted by Crippen LogP contribution is -2.42. The first-order valence-corrected chi connectivity index (χ1v) is 15.3. The Hall–Kier alpha value is -3.94. The van der Waals surface area contributed by atoms with Gasteiger partial charge in [-0.15, -0.1) is 10.2 Å². The second kappa shape index (κ2) is 11.5. The first kappa shape index (κ1) is 28.6. The van der Waals surface area contributed by atoms with E-state index >= 15 is 0 Å². The number of nitrogens with zero attached hydrogens (tertiary/aromatic N) is 4. The van der Waals surface area contributed by atoms with Crippen LogP contribution >= 0.6 is 23.1 Å². The fourth-order valence-electron chi connectivity index (χ4n) is 5.38. The molecular weight excluding hydrogens is 553 g/mol. The number of rotatable bonds is 7. The highest BCUT2D eigenvalue weighted by Crippen LogP contribution is 2.50. The molecule has 0 radical (unpaired) electrons. The fraction of sp³-hybridized carbons (Fsp3) is 0.323. The first-order valence-electron chi connectivity index (χ1n) is 13.5. The lowest BCUT2D eigenvalue weighted by Gasteiger charge is -2.42. The summed E-state index contributed by atoms with van der Waals surface area (Å²) in [5.74, 6) is -0.253. The average molecular weight is 585 g/mol. The van der Waals surface area contributed by atoms with Gasteiger partial charge in [0.05, 0.1) is 23.3 Å². The summed E-state index contributed by atoms with van der Waals surface area (Å²) in [5.41, 5.74) is 11.9. The molecule has 8 nitrogen and oxygen atoms in total. The highest BCUT2D eigenvalue weighted by atomic mass is 32.2. The molecule has 210 valence electrons. The van der Waals surface area contributed by atoms with E-state index < -0.39 is 5.92 Å². The third kappa shape index (κ3) is 5.78. The maximum Gasteiger partial charge on any atom is 0.234 e. The smallest absolute Gasteiger partial charge is 0.234 e. The fourth-order valence-corrected chi connectivity index (χ4v) is 7.07. The van der Waals surface area contributed by atoms with Crippen molar-refractivity contribution >= 4 is 45.6 Å². The normalized spacial score (nSPS) is 18.3. The maximum absolute atomic E-state index is 13.7. The van der Waals surface area contributed by atoms with E-state index in [1.165, 1.54) is 28.7 Å². The number of Topliss-reactive ketones (excluding diaryl/α,β-unsaturated/α-hetero) is 1. The summed E-state index contributed by atoms with van der Waals surface area (Å²) in [7, 11) is 0. The van der Waals surface area contributed by atoms with Crippen molar-refractivity contribution in [2.24, 2.45) is 11.1 Å². The van der Waals surface area contributed by atoms with Crippen molar-refractivity contribution in [3.63, 3.8) is 0 Å². The van der Waals surface area contributed by atoms with Crippen LogP contribution in [0.2, 0.25) is 0 Å². The molecule has 1 unspecified atom stereocenters. The number of allylic oxidation sites excluding steroid dienone is 3. The SMILES string of the molecule is CCc1ccc(C2C(C#N)=C(N)N(c3nnc(SCC(=O)Nc4ccccc4C)s3)C3=C2C(=O)CC(C)(C)C3)cc1. The van der Waals surface area contributed by atoms with E-state index in [2.05, 4.69) is 42.4 Å². The summed E-state index contributed by atoms with van der Waals surface area (Å²) in [6, 6.07) is 18.0. The number of benzene rings is 2. The average Bonchev–Trinajstić information content (AvgIpc) is 3.40. The molecule has 1 amide bonds. The summed E-state index contributed by atoms with van der Waals surface area (Å²) >= 11 is 2.56. The largest absolute Gasteiger partial charge is 0.384 e. The minimum atomic E-state index is -0.535. The monoisotopic (exact) mass is 584 g/mol. The quantitative estimate of drug-likeness (QED) is 0.320. The number of para-hydroxylation sites is 1. The van der Waals surface area contributed by atoms with E-state index in [1.807, 2.05) is 55.5 Å². The Morgan fingerprint density at radius 2 is 1.93 bits per heavy atom. The first-order chi connectivity index (χ1) is 19.6. The van der Waals surface area contributed by atoms with Crippen LogP contribution in [0.3, 0.4) is 0 Å². The molecule has 0 saturated heterocycles. The van der Waals surface area contributed by atoms with E-state index in [9.17, 15) is 14.9 Å². The highest BCUT2D eigenvalue weighted by Gasteiger charge is 2.45. The maximum atomic E-state index is 13.7. The van der Waals surface area contributed by atoms with Crippen LogP contribution < -0.4 is 16.0 Å². The summed E-state index contributed by atoms with van der Waals surface area (Å²) in [5, 5.41) is 22.4. The van der Waals surface area contributed by atoms with Crippen LogP contribution in [0, 0.1) is 23.7 Å². The molecule has 1 atom stereocenters. The number of ketones is 1. The van der Waals surface area contributed by atoms with Gasteiger partial charge in [-0.25, -0.2) is 0 Å². The van der Waals surface area contributed by atoms with Crippen molar-refractivity contribution in [1.82, 2.24) is 10.2 Å². The molecule has 0 saturated carbocycles. The Morgan fingerprint density at radius 1 is 1.20 bits per heavy atom. The third-order valence-corrected chi connectivity index (χ3v) is 9.48. The van der Waals surface area contributed by atoms with Gasteiger partial charge in [0.15, 0.2) is 10.1 Å². The molecule has 10 heteroatoms. The van der Waals surface area contributed by atoms with Crippen molar-refractivity contribution < 1.29 is 9.59 Å². The number of aryl methyl sites for hydroxylation is 2. The molecule has 5 rings (SSSR count). The molecular formula is C31H32N6O2S2. The number of carbonyl (C=O) groups excluding carboxylic acids is 2. The van der Waals surface area contributed by atoms with Crippen LogP contribution in [0.4, 0.5) is 10.8 Å². The Kier molecular flexibility index (Phi) is 8.02. The van der Waals surface area contributed by atoms with Crippen molar-refractivity contribution in [3.05, 3.63) is 87.9 Å². The van der Waals surface area contributed by atoms with Crippen molar-refractivity contribution in [2.75, 3.05) is 16.0 Å². The van der Waals surface area contributed by atoms with Crippen molar-refractivity contribution in [1.29, 1.82) is 5.26 Å². The molecule has 0 fully saturated rings. The minimum Gasteiger partial charge on any atom is -0.384 e. The number of nitriles is 1. The highest BCUT2D eigenvalue weighted by molar-refractivity contribution is 8.01. The lowest BCUT2D eigenvalue weighted by atomic mass is 9.68. The van der Waals surface area contributed by atoms with E-state index in [1.54, 1.807) is 4.90 Å². The van der Waals surface area contributed by atoms with Gasteiger partial charge >= 0.3 is 0 Å². The van der Waals surface area contributed by atoms with Gasteiger partial charge in [-0.05, 0) is 47.9 Å². The molecule has 41 heavy (non-hydrogen) atoms. The number of nitrogens with two attached hydrogens (primary N) is 1. The van der Waals surface area contributed by atoms with Gasteiger partial charge in [-0.3, -0.25) is 14.5 Å². The molecule has 0 spiro atoms. The van der Waals surface area contributed by atoms with Gasteiger partial charge in [-0.2, -0.15) is 5.26 Å². The second-order valence-electron chi connectivity index (χ2n) is 11.1. The molecule has 1 aliphatic carbocycles. The molecule has 2 aromatic carbocycles. The van der Waals surface area contributed by atoms with Gasteiger partial charge in [0.1, 0.15) is 5.82 Å². The molecule has 2 aliphatic rings. The minimum absolute atomic E-state index is 0.0121. The summed E-state index contributed by atoms with van der Waals surface area (Å²) in [4.78, 5) is 28.0. The standard InChI is InChI=1S/C31H32N6O2S2/c1-5-19-10-12-20(13-11-19)26-21(16-32)28(33)37(23-14-31(3,4)15-24(38)27(23)26)29-35-36-30(41-29)40-17-25(39)34-22-9-7-6-8-18(22)2/h6-13,26H,5,14-15,17,33H2,1-4H3,(H,34,39). The predicted molar refractivity (Wildman–Crippen MR) is 163 cm³/mol. The van der Waals surface area contributed by atoms with Gasteiger partial charge in [0.2, 0.25) is 11.0 Å². The summed E-state index contributed by atoms with van der Waals surface area (Å²) in [6.07, 6.45) is 1.88. The Morgan fingerprint density at radius 3 is 2.61 bits per heavy atom. The van der Waals surface area contributed by atoms with E-state index in [4.69, 9.17) is 5.73 Å². The molecule has 3 aromatic rings. The van der Waals surface area contributed by atoms with Gasteiger partial charge in [-0.1, -0.05) is 86.3 Å². The molecule has 1 aliphatic heterocycles. The molecule has 3 N–H and O–H groups in total. The van der Waals surface area contributed by atoms with E-state index in [0.29, 0.717) is 33.5 Å². The Balaban J connectivity index is 1.47. The second-order valence-corrected chi connectivity index (χ2v) is 13.3. The van der Waals surface area contributed by atoms with Gasteiger partial charge in [0.25, 0.3) is 0 Å². The molecule has 1 aromatic heterocycles. The van der Waals surface area contributed by atoms with Crippen LogP contribution in [-0.4, -0.2) is 27.6 Å². The van der Waals surface area contributed by atoms with Crippen LogP contribution in [0.5, 0.6) is 0 Å². The number of amides is 1. The van der Waals surface area contributed by atoms with E-state index in [-0.39, 0.29) is 28.7 Å². The van der Waals surface area contributed by atoms with Crippen LogP contribution in [0.25, 0.3) is 0 Å². The van der Waals surface area contributed by atoms with Crippen LogP contribution in [0.1, 0.15) is 56.2 Å². The third-order valence-electron chi connectivity index (χ3n) is 7.44. The predicted octanol–water partition coefficient (Wildman–Crippen LogP) is 6.08. The number of thioether (sulfide) groups is 1. The zero-order valence-electron chi connectivity index (χ0n) is 23.5. The number of hydrogen-bond donors (Lipinski definition) is 2. The zero-order valence-corrected chi connectivity index (χ0v) is 25.2. The van der Waals surface area contributed by atoms with Crippen LogP contribution in [0.15, 0.2) is 75.5 Å². The summed E-state index contributed by atoms with van der Waals surface area (Å²) < 4.78 is 0.590. The number of aromatic nitrogens is 2. The van der Waals surface area contributed by atoms with Crippen molar-refractivity contribution in [2.45, 2.75) is 57.2 Å². The van der Waals surface area contributed by atoms with Crippen molar-refractivity contribution in [3.8, 4) is 6.07 Å². The lowest BCUT2D eigenvalue weighted by molar-refractivity contribution is -0.118. The number of hydrogen-bond acceptors (Lipinski definition) is 9. The summed E-state index contributed by atoms with van der Waals surface area (Å²) in [6.45, 7) is 8.15. The van der Waals surface area contributed by atoms with Crippen LogP contribution in [-0.2, 0) is 16.0 Å². The molecule has 0 bridgehead atoms. The Bertz CT molecular complexity index is 1610. The topological polar surface area (TPSA) is 125 Å². The van der Waals surface area contributed by atoms with E-state index in [0.717, 1.165) is 28.9 Å². The Labute approximate surface area is 248 Å². The molecule has 2 heterocycles. The zero-order chi connectivity index (χ0) is 29.3. The number of nitrogens with one attached hydrogen (secondary N) is 1.